The van der Waals surface area contributed by atoms with E-state index >= 15 is 0 Å². The number of alkyl halides is 3. The second-order valence-electron chi connectivity index (χ2n) is 6.55. The summed E-state index contributed by atoms with van der Waals surface area (Å²) in [6.07, 6.45) is -4.82. The lowest BCUT2D eigenvalue weighted by molar-refractivity contribution is -0.274. The molecule has 0 amide bonds. The van der Waals surface area contributed by atoms with Crippen molar-refractivity contribution in [2.45, 2.75) is 19.3 Å². The lowest BCUT2D eigenvalue weighted by Gasteiger charge is -2.15. The van der Waals surface area contributed by atoms with Gasteiger partial charge in [0, 0.05) is 17.7 Å². The lowest BCUT2D eigenvalue weighted by atomic mass is 10.1. The minimum atomic E-state index is -4.82. The van der Waals surface area contributed by atoms with E-state index in [9.17, 15) is 23.5 Å². The average Bonchev–Trinajstić information content (AvgIpc) is 2.73. The zero-order valence-corrected chi connectivity index (χ0v) is 16.3. The summed E-state index contributed by atoms with van der Waals surface area (Å²) in [5, 5.41) is 24.5. The number of benzene rings is 2. The summed E-state index contributed by atoms with van der Waals surface area (Å²) in [6, 6.07) is 15.4. The quantitative estimate of drug-likeness (QED) is 0.510. The first-order valence-electron chi connectivity index (χ1n) is 9.16. The van der Waals surface area contributed by atoms with Gasteiger partial charge in [-0.25, -0.2) is 4.98 Å². The van der Waals surface area contributed by atoms with Crippen LogP contribution in [-0.4, -0.2) is 34.1 Å². The summed E-state index contributed by atoms with van der Waals surface area (Å²) < 4.78 is 41.7. The third kappa shape index (κ3) is 6.07. The molecule has 7 nitrogen and oxygen atoms in total. The smallest absolute Gasteiger partial charge is 0.406 e. The molecule has 3 N–H and O–H groups in total. The van der Waals surface area contributed by atoms with Gasteiger partial charge in [0.15, 0.2) is 0 Å². The predicted octanol–water partition coefficient (Wildman–Crippen LogP) is 4.45. The van der Waals surface area contributed by atoms with E-state index < -0.39 is 6.36 Å². The van der Waals surface area contributed by atoms with Crippen molar-refractivity contribution >= 4 is 17.5 Å². The molecule has 1 atom stereocenters. The second kappa shape index (κ2) is 9.32. The number of aromatic nitrogens is 2. The normalized spacial score (nSPS) is 12.0. The molecule has 1 aromatic heterocycles. The summed E-state index contributed by atoms with van der Waals surface area (Å²) in [6.45, 7) is 1.54. The van der Waals surface area contributed by atoms with E-state index in [1.807, 2.05) is 0 Å². The lowest BCUT2D eigenvalue weighted by Crippen LogP contribution is -2.21. The fourth-order valence-electron chi connectivity index (χ4n) is 2.67. The molecule has 0 unspecified atom stereocenters. The molecule has 160 valence electrons. The molecule has 0 spiro atoms. The topological polar surface area (TPSA) is 103 Å². The number of nitrogens with one attached hydrogen (secondary N) is 2. The second-order valence-corrected chi connectivity index (χ2v) is 6.55. The average molecular weight is 429 g/mol. The maximum Gasteiger partial charge on any atom is 0.573 e. The van der Waals surface area contributed by atoms with Gasteiger partial charge in [-0.15, -0.1) is 13.2 Å². The Kier molecular flexibility index (Phi) is 6.57. The van der Waals surface area contributed by atoms with Crippen LogP contribution < -0.4 is 15.4 Å². The number of hydrogen-bond acceptors (Lipinski definition) is 7. The molecular formula is C21H18F3N5O2. The molecule has 0 aliphatic rings. The molecule has 0 aliphatic heterocycles. The Morgan fingerprint density at radius 1 is 1.13 bits per heavy atom. The van der Waals surface area contributed by atoms with Crippen molar-refractivity contribution in [3.63, 3.8) is 0 Å². The van der Waals surface area contributed by atoms with Crippen molar-refractivity contribution in [3.8, 4) is 23.1 Å². The molecule has 0 radical (unpaired) electrons. The van der Waals surface area contributed by atoms with Gasteiger partial charge in [-0.1, -0.05) is 24.3 Å². The molecule has 31 heavy (non-hydrogen) atoms. The zero-order chi connectivity index (χ0) is 22.4. The highest BCUT2D eigenvalue weighted by Gasteiger charge is 2.31. The van der Waals surface area contributed by atoms with E-state index in [1.54, 1.807) is 37.3 Å². The number of rotatable bonds is 7. The van der Waals surface area contributed by atoms with Gasteiger partial charge in [0.25, 0.3) is 0 Å². The molecule has 0 saturated heterocycles. The molecular weight excluding hydrogens is 411 g/mol. The number of nitriles is 1. The molecule has 0 saturated carbocycles. The van der Waals surface area contributed by atoms with Crippen molar-refractivity contribution in [2.75, 3.05) is 17.2 Å². The number of hydrogen-bond donors (Lipinski definition) is 3. The number of halogens is 3. The summed E-state index contributed by atoms with van der Waals surface area (Å²) >= 11 is 0. The molecule has 2 aromatic carbocycles. The van der Waals surface area contributed by atoms with Crippen molar-refractivity contribution in [3.05, 3.63) is 60.2 Å². The molecule has 0 fully saturated rings. The van der Waals surface area contributed by atoms with Crippen molar-refractivity contribution < 1.29 is 23.0 Å². The maximum atomic E-state index is 12.6. The van der Waals surface area contributed by atoms with Crippen LogP contribution in [0.15, 0.2) is 54.6 Å². The van der Waals surface area contributed by atoms with Crippen molar-refractivity contribution in [1.29, 1.82) is 5.26 Å². The van der Waals surface area contributed by atoms with E-state index in [4.69, 9.17) is 0 Å². The van der Waals surface area contributed by atoms with Crippen LogP contribution in [-0.2, 0) is 0 Å². The van der Waals surface area contributed by atoms with Crippen molar-refractivity contribution in [2.24, 2.45) is 0 Å². The summed E-state index contributed by atoms with van der Waals surface area (Å²) in [5.41, 5.74) is 1.57. The summed E-state index contributed by atoms with van der Waals surface area (Å²) in [4.78, 5) is 8.67. The van der Waals surface area contributed by atoms with Crippen LogP contribution in [0.3, 0.4) is 0 Å². The fraction of sp³-hybridized carbons (Fsp3) is 0.190. The van der Waals surface area contributed by atoms with E-state index in [0.717, 1.165) is 0 Å². The van der Waals surface area contributed by atoms with E-state index in [0.29, 0.717) is 28.3 Å². The van der Waals surface area contributed by atoms with Gasteiger partial charge in [-0.05, 0) is 31.2 Å². The van der Waals surface area contributed by atoms with Crippen LogP contribution in [0.5, 0.6) is 5.75 Å². The molecule has 3 rings (SSSR count). The predicted molar refractivity (Wildman–Crippen MR) is 109 cm³/mol. The molecule has 10 heteroatoms. The van der Waals surface area contributed by atoms with E-state index in [2.05, 4.69) is 31.4 Å². The van der Waals surface area contributed by atoms with E-state index in [-0.39, 0.29) is 24.3 Å². The van der Waals surface area contributed by atoms with Gasteiger partial charge >= 0.3 is 6.36 Å². The van der Waals surface area contributed by atoms with Crippen LogP contribution in [0.25, 0.3) is 11.3 Å². The Bertz CT molecular complexity index is 1100. The van der Waals surface area contributed by atoms with Gasteiger partial charge in [0.2, 0.25) is 5.95 Å². The third-order valence-corrected chi connectivity index (χ3v) is 4.05. The van der Waals surface area contributed by atoms with Gasteiger partial charge in [0.05, 0.1) is 23.6 Å². The van der Waals surface area contributed by atoms with E-state index in [1.165, 1.54) is 24.3 Å². The highest BCUT2D eigenvalue weighted by molar-refractivity contribution is 5.70. The Labute approximate surface area is 176 Å². The Hall–Kier alpha value is -3.84. The van der Waals surface area contributed by atoms with Crippen LogP contribution in [0.4, 0.5) is 30.6 Å². The first kappa shape index (κ1) is 21.9. The van der Waals surface area contributed by atoms with Gasteiger partial charge in [-0.3, -0.25) is 0 Å². The van der Waals surface area contributed by atoms with Crippen LogP contribution in [0, 0.1) is 11.3 Å². The monoisotopic (exact) mass is 429 g/mol. The fourth-order valence-corrected chi connectivity index (χ4v) is 2.67. The van der Waals surface area contributed by atoms with Gasteiger partial charge < -0.3 is 20.5 Å². The molecule has 0 aliphatic carbocycles. The Morgan fingerprint density at radius 2 is 1.90 bits per heavy atom. The first-order chi connectivity index (χ1) is 14.8. The van der Waals surface area contributed by atoms with Gasteiger partial charge in [-0.2, -0.15) is 10.2 Å². The maximum absolute atomic E-state index is 12.6. The summed E-state index contributed by atoms with van der Waals surface area (Å²) in [7, 11) is 0. The van der Waals surface area contributed by atoms with Crippen LogP contribution in [0.2, 0.25) is 0 Å². The Balaban J connectivity index is 2.02. The van der Waals surface area contributed by atoms with Gasteiger partial charge in [0.1, 0.15) is 17.6 Å². The Morgan fingerprint density at radius 3 is 2.61 bits per heavy atom. The number of aliphatic hydroxyl groups excluding tert-OH is 1. The minimum absolute atomic E-state index is 0.151. The third-order valence-electron chi connectivity index (χ3n) is 4.05. The SMILES string of the molecule is C[C@@H](CO)Nc1nc(Nc2ccccc2C#N)cc(-c2cccc(OC(F)(F)F)c2)n1. The van der Waals surface area contributed by atoms with Crippen LogP contribution >= 0.6 is 0 Å². The standard InChI is InChI=1S/C21H18F3N5O2/c1-13(12-30)26-20-28-18(14-6-4-7-16(9-14)31-21(22,23)24)10-19(29-20)27-17-8-3-2-5-15(17)11-25/h2-10,13,30H,12H2,1H3,(H2,26,27,28,29)/t13-/m0/s1. The summed E-state index contributed by atoms with van der Waals surface area (Å²) in [5.74, 6) is 0.0757. The minimum Gasteiger partial charge on any atom is -0.406 e. The number of nitrogens with zero attached hydrogens (tertiary/aromatic N) is 3. The number of ether oxygens (including phenoxy) is 1. The van der Waals surface area contributed by atoms with Crippen LogP contribution in [0.1, 0.15) is 12.5 Å². The number of aliphatic hydroxyl groups is 1. The number of para-hydroxylation sites is 1. The first-order valence-corrected chi connectivity index (χ1v) is 9.16. The highest BCUT2D eigenvalue weighted by atomic mass is 19.4. The largest absolute Gasteiger partial charge is 0.573 e. The highest BCUT2D eigenvalue weighted by Crippen LogP contribution is 2.29. The zero-order valence-electron chi connectivity index (χ0n) is 16.3. The molecule has 1 heterocycles. The molecule has 3 aromatic rings. The van der Waals surface area contributed by atoms with Crippen molar-refractivity contribution in [1.82, 2.24) is 9.97 Å². The number of anilines is 3. The molecule has 0 bridgehead atoms.